The summed E-state index contributed by atoms with van der Waals surface area (Å²) in [5.41, 5.74) is 0.745. The van der Waals surface area contributed by atoms with Crippen LogP contribution in [-0.2, 0) is 9.53 Å². The number of carboxylic acids is 1. The highest BCUT2D eigenvalue weighted by atomic mass is 79.9. The maximum Gasteiger partial charge on any atom is 0.328 e. The van der Waals surface area contributed by atoms with E-state index in [2.05, 4.69) is 15.9 Å². The molecule has 0 aliphatic carbocycles. The molecule has 1 aromatic rings. The first-order chi connectivity index (χ1) is 9.65. The van der Waals surface area contributed by atoms with Crippen LogP contribution >= 0.6 is 15.9 Å². The minimum absolute atomic E-state index is 0.295. The molecule has 0 saturated carbocycles. The van der Waals surface area contributed by atoms with Gasteiger partial charge in [0.1, 0.15) is 5.75 Å². The number of hydrogen-bond acceptors (Lipinski definition) is 3. The van der Waals surface area contributed by atoms with E-state index in [9.17, 15) is 4.79 Å². The van der Waals surface area contributed by atoms with Gasteiger partial charge in [0.05, 0.1) is 12.7 Å². The van der Waals surface area contributed by atoms with Gasteiger partial charge in [-0.05, 0) is 37.1 Å². The van der Waals surface area contributed by atoms with Crippen LogP contribution in [0.3, 0.4) is 0 Å². The third kappa shape index (κ3) is 4.65. The summed E-state index contributed by atoms with van der Waals surface area (Å²) in [4.78, 5) is 10.6. The first-order valence-corrected chi connectivity index (χ1v) is 7.39. The maximum absolute atomic E-state index is 10.6. The zero-order valence-electron chi connectivity index (χ0n) is 11.0. The van der Waals surface area contributed by atoms with Gasteiger partial charge in [-0.2, -0.15) is 0 Å². The highest BCUT2D eigenvalue weighted by Gasteiger charge is 2.15. The molecule has 20 heavy (non-hydrogen) atoms. The van der Waals surface area contributed by atoms with Crippen LogP contribution < -0.4 is 4.74 Å². The second kappa shape index (κ2) is 7.45. The molecule has 1 atom stereocenters. The number of carboxylic acid groups (broad SMARTS) is 1. The molecule has 108 valence electrons. The third-order valence-corrected chi connectivity index (χ3v) is 3.59. The number of carbonyl (C=O) groups is 1. The lowest BCUT2D eigenvalue weighted by atomic mass is 10.1. The molecule has 1 fully saturated rings. The molecule has 1 heterocycles. The molecule has 5 heteroatoms. The lowest BCUT2D eigenvalue weighted by molar-refractivity contribution is -0.131. The first kappa shape index (κ1) is 15.1. The second-order valence-corrected chi connectivity index (χ2v) is 5.54. The Morgan fingerprint density at radius 1 is 1.55 bits per heavy atom. The van der Waals surface area contributed by atoms with E-state index in [0.29, 0.717) is 18.5 Å². The fourth-order valence-electron chi connectivity index (χ4n) is 2.11. The molecule has 4 nitrogen and oxygen atoms in total. The van der Waals surface area contributed by atoms with Crippen LogP contribution in [0.15, 0.2) is 28.7 Å². The summed E-state index contributed by atoms with van der Waals surface area (Å²) in [6.45, 7) is 1.41. The van der Waals surface area contributed by atoms with Crippen molar-refractivity contribution in [2.24, 2.45) is 0 Å². The van der Waals surface area contributed by atoms with Crippen molar-refractivity contribution in [3.8, 4) is 5.75 Å². The molecular weight excluding hydrogens is 324 g/mol. The van der Waals surface area contributed by atoms with Crippen LogP contribution in [0.2, 0.25) is 0 Å². The molecule has 0 spiro atoms. The number of hydrogen-bond donors (Lipinski definition) is 1. The van der Waals surface area contributed by atoms with Crippen molar-refractivity contribution in [3.63, 3.8) is 0 Å². The van der Waals surface area contributed by atoms with Gasteiger partial charge in [0.25, 0.3) is 0 Å². The summed E-state index contributed by atoms with van der Waals surface area (Å²) < 4.78 is 12.2. The average molecular weight is 341 g/mol. The number of benzene rings is 1. The lowest BCUT2D eigenvalue weighted by Crippen LogP contribution is -2.11. The summed E-state index contributed by atoms with van der Waals surface area (Å²) >= 11 is 3.37. The molecule has 0 bridgehead atoms. The standard InChI is InChI=1S/C15H17BrO4/c16-12-4-5-14(11(10-12)3-6-15(17)18)20-9-7-13-2-1-8-19-13/h3-6,10,13H,1-2,7-9H2,(H,17,18). The van der Waals surface area contributed by atoms with Gasteiger partial charge in [-0.15, -0.1) is 0 Å². The van der Waals surface area contributed by atoms with Crippen LogP contribution in [0.4, 0.5) is 0 Å². The SMILES string of the molecule is O=C(O)C=Cc1cc(Br)ccc1OCCC1CCCO1. The number of rotatable bonds is 6. The summed E-state index contributed by atoms with van der Waals surface area (Å²) in [7, 11) is 0. The van der Waals surface area contributed by atoms with E-state index in [4.69, 9.17) is 14.6 Å². The smallest absolute Gasteiger partial charge is 0.328 e. The predicted octanol–water partition coefficient (Wildman–Crippen LogP) is 3.49. The fraction of sp³-hybridized carbons (Fsp3) is 0.400. The second-order valence-electron chi connectivity index (χ2n) is 4.63. The van der Waals surface area contributed by atoms with Gasteiger partial charge in [0, 0.05) is 29.1 Å². The van der Waals surface area contributed by atoms with Gasteiger partial charge < -0.3 is 14.6 Å². The summed E-state index contributed by atoms with van der Waals surface area (Å²) in [5, 5.41) is 8.70. The van der Waals surface area contributed by atoms with Gasteiger partial charge in [-0.25, -0.2) is 4.79 Å². The van der Waals surface area contributed by atoms with Crippen LogP contribution in [-0.4, -0.2) is 30.4 Å². The number of halogens is 1. The Balaban J connectivity index is 1.96. The van der Waals surface area contributed by atoms with Gasteiger partial charge in [-0.1, -0.05) is 15.9 Å². The third-order valence-electron chi connectivity index (χ3n) is 3.10. The molecule has 0 radical (unpaired) electrons. The summed E-state index contributed by atoms with van der Waals surface area (Å²) in [5.74, 6) is -0.293. The van der Waals surface area contributed by atoms with Crippen molar-refractivity contribution in [1.29, 1.82) is 0 Å². The van der Waals surface area contributed by atoms with E-state index in [1.807, 2.05) is 18.2 Å². The van der Waals surface area contributed by atoms with Crippen molar-refractivity contribution in [1.82, 2.24) is 0 Å². The molecule has 0 aromatic heterocycles. The number of aliphatic carboxylic acids is 1. The normalized spacial score (nSPS) is 18.6. The molecule has 1 saturated heterocycles. The van der Waals surface area contributed by atoms with Crippen molar-refractivity contribution in [2.45, 2.75) is 25.4 Å². The van der Waals surface area contributed by atoms with E-state index in [1.54, 1.807) is 0 Å². The van der Waals surface area contributed by atoms with Crippen LogP contribution in [0.5, 0.6) is 5.75 Å². The van der Waals surface area contributed by atoms with Gasteiger partial charge in [0.2, 0.25) is 0 Å². The fourth-order valence-corrected chi connectivity index (χ4v) is 2.49. The Morgan fingerprint density at radius 2 is 2.40 bits per heavy atom. The lowest BCUT2D eigenvalue weighted by Gasteiger charge is -2.12. The highest BCUT2D eigenvalue weighted by Crippen LogP contribution is 2.25. The van der Waals surface area contributed by atoms with Crippen LogP contribution in [0.25, 0.3) is 6.08 Å². The average Bonchev–Trinajstić information content (AvgIpc) is 2.91. The Morgan fingerprint density at radius 3 is 3.10 bits per heavy atom. The molecule has 1 N–H and O–H groups in total. The Hall–Kier alpha value is -1.33. The van der Waals surface area contributed by atoms with E-state index >= 15 is 0 Å². The Labute approximate surface area is 126 Å². The van der Waals surface area contributed by atoms with Gasteiger partial charge in [-0.3, -0.25) is 0 Å². The van der Waals surface area contributed by atoms with Gasteiger partial charge >= 0.3 is 5.97 Å². The zero-order valence-corrected chi connectivity index (χ0v) is 12.6. The molecular formula is C15H17BrO4. The van der Waals surface area contributed by atoms with Crippen LogP contribution in [0, 0.1) is 0 Å². The van der Waals surface area contributed by atoms with E-state index in [0.717, 1.165) is 42.0 Å². The zero-order chi connectivity index (χ0) is 14.4. The Kier molecular flexibility index (Phi) is 5.61. The molecule has 1 aliphatic rings. The van der Waals surface area contributed by atoms with E-state index < -0.39 is 5.97 Å². The van der Waals surface area contributed by atoms with E-state index in [-0.39, 0.29) is 0 Å². The Bertz CT molecular complexity index is 493. The molecule has 1 aliphatic heterocycles. The molecule has 2 rings (SSSR count). The maximum atomic E-state index is 10.6. The molecule has 1 aromatic carbocycles. The highest BCUT2D eigenvalue weighted by molar-refractivity contribution is 9.10. The first-order valence-electron chi connectivity index (χ1n) is 6.60. The quantitative estimate of drug-likeness (QED) is 0.805. The predicted molar refractivity (Wildman–Crippen MR) is 79.9 cm³/mol. The monoisotopic (exact) mass is 340 g/mol. The van der Waals surface area contributed by atoms with Crippen LogP contribution in [0.1, 0.15) is 24.8 Å². The van der Waals surface area contributed by atoms with E-state index in [1.165, 1.54) is 6.08 Å². The molecule has 1 unspecified atom stereocenters. The number of ether oxygens (including phenoxy) is 2. The largest absolute Gasteiger partial charge is 0.493 e. The minimum Gasteiger partial charge on any atom is -0.493 e. The minimum atomic E-state index is -0.977. The van der Waals surface area contributed by atoms with Gasteiger partial charge in [0.15, 0.2) is 0 Å². The van der Waals surface area contributed by atoms with Crippen molar-refractivity contribution in [3.05, 3.63) is 34.3 Å². The van der Waals surface area contributed by atoms with Crippen molar-refractivity contribution < 1.29 is 19.4 Å². The topological polar surface area (TPSA) is 55.8 Å². The summed E-state index contributed by atoms with van der Waals surface area (Å²) in [6, 6.07) is 5.54. The summed E-state index contributed by atoms with van der Waals surface area (Å²) in [6.07, 6.45) is 6.01. The van der Waals surface area contributed by atoms with Crippen molar-refractivity contribution >= 4 is 28.0 Å². The van der Waals surface area contributed by atoms with Crippen molar-refractivity contribution in [2.75, 3.05) is 13.2 Å². The molecule has 0 amide bonds.